The van der Waals surface area contributed by atoms with E-state index in [1.54, 1.807) is 6.07 Å². The fourth-order valence-electron chi connectivity index (χ4n) is 2.79. The van der Waals surface area contributed by atoms with Gasteiger partial charge in [0.15, 0.2) is 0 Å². The Balaban J connectivity index is 0.000000878. The van der Waals surface area contributed by atoms with Crippen LogP contribution in [0.3, 0.4) is 0 Å². The van der Waals surface area contributed by atoms with Crippen molar-refractivity contribution in [1.82, 2.24) is 0 Å². The Morgan fingerprint density at radius 3 is 2.43 bits per heavy atom. The quantitative estimate of drug-likeness (QED) is 0.774. The molecule has 28 heavy (non-hydrogen) atoms. The summed E-state index contributed by atoms with van der Waals surface area (Å²) >= 11 is 0. The minimum atomic E-state index is -4.72. The molecule has 0 aromatic heterocycles. The molecule has 0 radical (unpaired) electrons. The number of nitrogens with two attached hydrogens (primary N) is 1. The number of benzene rings is 2. The minimum absolute atomic E-state index is 0.250. The fraction of sp³-hybridized carbons (Fsp3) is 0.263. The highest BCUT2D eigenvalue weighted by Crippen LogP contribution is 2.33. The molecule has 0 amide bonds. The second kappa shape index (κ2) is 8.75. The molecule has 9 heteroatoms. The van der Waals surface area contributed by atoms with E-state index >= 15 is 0 Å². The largest absolute Gasteiger partial charge is 0.573 e. The number of aliphatic imine (C=N–C) groups is 1. The average Bonchev–Trinajstić information content (AvgIpc) is 2.61. The average molecular weight is 396 g/mol. The van der Waals surface area contributed by atoms with E-state index in [-0.39, 0.29) is 12.2 Å². The van der Waals surface area contributed by atoms with Gasteiger partial charge in [0.1, 0.15) is 23.7 Å². The molecule has 1 atom stereocenters. The number of hydrogen-bond donors (Lipinski definition) is 2. The van der Waals surface area contributed by atoms with E-state index in [1.807, 2.05) is 31.2 Å². The summed E-state index contributed by atoms with van der Waals surface area (Å²) in [5.41, 5.74) is 7.39. The highest BCUT2D eigenvalue weighted by atomic mass is 19.4. The summed E-state index contributed by atoms with van der Waals surface area (Å²) in [4.78, 5) is 12.8. The molecule has 1 aliphatic rings. The van der Waals surface area contributed by atoms with Gasteiger partial charge in [-0.1, -0.05) is 30.3 Å². The molecule has 2 aromatic rings. The van der Waals surface area contributed by atoms with Gasteiger partial charge in [-0.3, -0.25) is 9.79 Å². The Hall–Kier alpha value is -3.07. The molecule has 0 saturated heterocycles. The van der Waals surface area contributed by atoms with Crippen molar-refractivity contribution >= 4 is 12.3 Å². The van der Waals surface area contributed by atoms with E-state index in [1.165, 1.54) is 18.2 Å². The summed E-state index contributed by atoms with van der Waals surface area (Å²) in [6, 6.07) is 13.3. The molecule has 150 valence electrons. The van der Waals surface area contributed by atoms with E-state index in [0.717, 1.165) is 11.1 Å². The normalized spacial score (nSPS) is 19.1. The van der Waals surface area contributed by atoms with Gasteiger partial charge in [-0.05, 0) is 41.8 Å². The number of rotatable bonds is 3. The molecule has 2 aromatic carbocycles. The minimum Gasteiger partial charge on any atom is -0.483 e. The summed E-state index contributed by atoms with van der Waals surface area (Å²) in [5, 5.41) is 6.89. The van der Waals surface area contributed by atoms with Crippen molar-refractivity contribution in [3.05, 3.63) is 54.1 Å². The van der Waals surface area contributed by atoms with Gasteiger partial charge in [-0.25, -0.2) is 0 Å². The lowest BCUT2D eigenvalue weighted by Gasteiger charge is -2.30. The predicted octanol–water partition coefficient (Wildman–Crippen LogP) is 3.56. The van der Waals surface area contributed by atoms with Crippen LogP contribution in [-0.4, -0.2) is 37.0 Å². The van der Waals surface area contributed by atoms with Crippen LogP contribution in [0.1, 0.15) is 12.5 Å². The molecule has 1 aliphatic heterocycles. The molecule has 0 saturated carbocycles. The summed E-state index contributed by atoms with van der Waals surface area (Å²) in [5.74, 6) is 0.157. The second-order valence-electron chi connectivity index (χ2n) is 6.13. The zero-order valence-corrected chi connectivity index (χ0v) is 14.9. The van der Waals surface area contributed by atoms with Gasteiger partial charge in [-0.2, -0.15) is 0 Å². The first-order chi connectivity index (χ1) is 13.2. The topological polar surface area (TPSA) is 94.1 Å². The van der Waals surface area contributed by atoms with Gasteiger partial charge in [0, 0.05) is 0 Å². The zero-order chi connectivity index (χ0) is 20.8. The van der Waals surface area contributed by atoms with Crippen LogP contribution in [0.15, 0.2) is 53.5 Å². The van der Waals surface area contributed by atoms with E-state index in [9.17, 15) is 13.2 Å². The smallest absolute Gasteiger partial charge is 0.483 e. The molecule has 1 heterocycles. The van der Waals surface area contributed by atoms with Crippen LogP contribution in [0.5, 0.6) is 5.75 Å². The first kappa shape index (κ1) is 21.2. The maximum absolute atomic E-state index is 12.4. The number of nitrogens with zero attached hydrogens (tertiary/aromatic N) is 1. The fourth-order valence-corrected chi connectivity index (χ4v) is 2.79. The standard InChI is InChI=1S/C18H17F3N2O2.CH2O2/c1-17(11-24-10-16(22)23-17)14-6-2-4-12(8-14)13-5-3-7-15(9-13)25-18(19,20)21;2-1-3/h2-9H,10-11H2,1H3,(H2,22,23);1H,(H,2,3). The highest BCUT2D eigenvalue weighted by molar-refractivity contribution is 5.82. The SMILES string of the molecule is CC1(c2cccc(-c3cccc(OC(F)(F)F)c3)c2)COCC(N)=N1.O=CO. The zero-order valence-electron chi connectivity index (χ0n) is 14.9. The molecule has 0 fully saturated rings. The van der Waals surface area contributed by atoms with Crippen molar-refractivity contribution in [3.63, 3.8) is 0 Å². The molecular weight excluding hydrogens is 377 g/mol. The number of halogens is 3. The molecular formula is C19H19F3N2O4. The Labute approximate surface area is 159 Å². The summed E-state index contributed by atoms with van der Waals surface area (Å²) in [6.07, 6.45) is -4.72. The number of alkyl halides is 3. The maximum Gasteiger partial charge on any atom is 0.573 e. The van der Waals surface area contributed by atoms with Crippen LogP contribution in [0, 0.1) is 0 Å². The van der Waals surface area contributed by atoms with E-state index in [4.69, 9.17) is 20.4 Å². The number of hydrogen-bond acceptors (Lipinski definition) is 5. The first-order valence-electron chi connectivity index (χ1n) is 8.13. The van der Waals surface area contributed by atoms with Crippen molar-refractivity contribution in [3.8, 4) is 16.9 Å². The maximum atomic E-state index is 12.4. The molecule has 1 unspecified atom stereocenters. The molecule has 6 nitrogen and oxygen atoms in total. The Bertz CT molecular complexity index is 855. The molecule has 3 rings (SSSR count). The molecule has 0 spiro atoms. The van der Waals surface area contributed by atoms with Crippen molar-refractivity contribution in [2.24, 2.45) is 10.7 Å². The van der Waals surface area contributed by atoms with Gasteiger partial charge in [0.25, 0.3) is 6.47 Å². The molecule has 0 aliphatic carbocycles. The molecule has 0 bridgehead atoms. The second-order valence-corrected chi connectivity index (χ2v) is 6.13. The lowest BCUT2D eigenvalue weighted by molar-refractivity contribution is -0.274. The van der Waals surface area contributed by atoms with Gasteiger partial charge in [0.05, 0.1) is 6.61 Å². The number of amidine groups is 1. The lowest BCUT2D eigenvalue weighted by Crippen LogP contribution is -2.37. The highest BCUT2D eigenvalue weighted by Gasteiger charge is 2.32. The van der Waals surface area contributed by atoms with Crippen molar-refractivity contribution in [1.29, 1.82) is 0 Å². The third-order valence-corrected chi connectivity index (χ3v) is 3.91. The van der Waals surface area contributed by atoms with Gasteiger partial charge in [-0.15, -0.1) is 13.2 Å². The van der Waals surface area contributed by atoms with Gasteiger partial charge >= 0.3 is 6.36 Å². The van der Waals surface area contributed by atoms with E-state index in [2.05, 4.69) is 9.73 Å². The molecule has 3 N–H and O–H groups in total. The Kier molecular flexibility index (Phi) is 6.63. The monoisotopic (exact) mass is 396 g/mol. The van der Waals surface area contributed by atoms with E-state index < -0.39 is 11.9 Å². The van der Waals surface area contributed by atoms with E-state index in [0.29, 0.717) is 24.6 Å². The van der Waals surface area contributed by atoms with Crippen LogP contribution < -0.4 is 10.5 Å². The third-order valence-electron chi connectivity index (χ3n) is 3.91. The lowest BCUT2D eigenvalue weighted by atomic mass is 9.90. The summed E-state index contributed by atoms with van der Waals surface area (Å²) in [6.45, 7) is 2.34. The van der Waals surface area contributed by atoms with Crippen molar-refractivity contribution < 1.29 is 32.5 Å². The van der Waals surface area contributed by atoms with Crippen molar-refractivity contribution in [2.45, 2.75) is 18.8 Å². The predicted molar refractivity (Wildman–Crippen MR) is 97.0 cm³/mol. The van der Waals surface area contributed by atoms with Crippen molar-refractivity contribution in [2.75, 3.05) is 13.2 Å². The Morgan fingerprint density at radius 2 is 1.82 bits per heavy atom. The summed E-state index contributed by atoms with van der Waals surface area (Å²) < 4.78 is 46.7. The third kappa shape index (κ3) is 5.71. The van der Waals surface area contributed by atoms with Crippen LogP contribution >= 0.6 is 0 Å². The Morgan fingerprint density at radius 1 is 1.21 bits per heavy atom. The number of carboxylic acid groups (broad SMARTS) is 1. The first-order valence-corrected chi connectivity index (χ1v) is 8.13. The summed E-state index contributed by atoms with van der Waals surface area (Å²) in [7, 11) is 0. The van der Waals surface area contributed by atoms with Gasteiger partial charge in [0.2, 0.25) is 0 Å². The van der Waals surface area contributed by atoms with Crippen LogP contribution in [-0.2, 0) is 15.1 Å². The van der Waals surface area contributed by atoms with Crippen LogP contribution in [0.2, 0.25) is 0 Å². The van der Waals surface area contributed by atoms with Crippen LogP contribution in [0.4, 0.5) is 13.2 Å². The number of carbonyl (C=O) groups is 1. The number of ether oxygens (including phenoxy) is 2. The van der Waals surface area contributed by atoms with Gasteiger partial charge < -0.3 is 20.3 Å². The van der Waals surface area contributed by atoms with Crippen LogP contribution in [0.25, 0.3) is 11.1 Å².